The summed E-state index contributed by atoms with van der Waals surface area (Å²) < 4.78 is 14.4. The van der Waals surface area contributed by atoms with Crippen LogP contribution in [-0.2, 0) is 0 Å². The van der Waals surface area contributed by atoms with E-state index >= 15 is 0 Å². The molecule has 0 atom stereocenters. The van der Waals surface area contributed by atoms with Crippen molar-refractivity contribution in [3.63, 3.8) is 0 Å². The van der Waals surface area contributed by atoms with E-state index in [4.69, 9.17) is 9.47 Å². The topological polar surface area (TPSA) is 18.5 Å². The summed E-state index contributed by atoms with van der Waals surface area (Å²) in [6.07, 6.45) is 1.90. The van der Waals surface area contributed by atoms with Crippen LogP contribution in [0.4, 0.5) is 0 Å². The lowest BCUT2D eigenvalue weighted by atomic mass is 10.1. The third-order valence-corrected chi connectivity index (χ3v) is 5.77. The van der Waals surface area contributed by atoms with Crippen LogP contribution in [0.25, 0.3) is 0 Å². The largest absolute Gasteiger partial charge is 0.492 e. The fourth-order valence-corrected chi connectivity index (χ4v) is 3.76. The van der Waals surface area contributed by atoms with E-state index < -0.39 is 0 Å². The lowest BCUT2D eigenvalue weighted by Gasteiger charge is -2.24. The van der Waals surface area contributed by atoms with Crippen LogP contribution in [0.5, 0.6) is 11.5 Å². The minimum Gasteiger partial charge on any atom is -0.492 e. The van der Waals surface area contributed by atoms with Gasteiger partial charge in [0.25, 0.3) is 0 Å². The highest BCUT2D eigenvalue weighted by atomic mass is 16.5. The lowest BCUT2D eigenvalue weighted by Crippen LogP contribution is -2.36. The average molecular weight is 527 g/mol. The quantitative estimate of drug-likeness (QED) is 0.181. The fourth-order valence-electron chi connectivity index (χ4n) is 3.76. The molecular formula is C35H46N2O2+2. The van der Waals surface area contributed by atoms with E-state index in [0.29, 0.717) is 13.2 Å². The van der Waals surface area contributed by atoms with Gasteiger partial charge in [0.1, 0.15) is 11.5 Å². The Labute approximate surface area is 237 Å². The van der Waals surface area contributed by atoms with Gasteiger partial charge in [0, 0.05) is 36.1 Å². The smallest absolute Gasteiger partial charge is 0.136 e. The van der Waals surface area contributed by atoms with Gasteiger partial charge in [-0.25, -0.2) is 0 Å². The van der Waals surface area contributed by atoms with Crippen molar-refractivity contribution in [2.45, 2.75) is 20.3 Å². The van der Waals surface area contributed by atoms with E-state index in [1.807, 2.05) is 72.8 Å². The van der Waals surface area contributed by atoms with Crippen LogP contribution in [0.15, 0.2) is 72.8 Å². The van der Waals surface area contributed by atoms with Gasteiger partial charge in [-0.2, -0.15) is 0 Å². The van der Waals surface area contributed by atoms with Crippen molar-refractivity contribution in [1.29, 1.82) is 0 Å². The van der Waals surface area contributed by atoms with Crippen LogP contribution in [-0.4, -0.2) is 77.6 Å². The molecule has 0 radical (unpaired) electrons. The van der Waals surface area contributed by atoms with E-state index in [1.54, 1.807) is 0 Å². The Morgan fingerprint density at radius 2 is 0.897 bits per heavy atom. The summed E-state index contributed by atoms with van der Waals surface area (Å²) in [5.74, 6) is 14.7. The molecule has 0 aromatic heterocycles. The van der Waals surface area contributed by atoms with Crippen molar-refractivity contribution in [2.75, 3.05) is 68.6 Å². The molecule has 39 heavy (non-hydrogen) atoms. The predicted octanol–water partition coefficient (Wildman–Crippen LogP) is 6.07. The first-order valence-corrected chi connectivity index (χ1v) is 13.3. The normalized spacial score (nSPS) is 10.8. The SMILES string of the molecule is C.C[N+](C)(C)CCCOc1cc(C#Cc2ccccc2)c(OCCC[N+](C)(C)C)cc1C#Cc1ccccc1. The molecule has 0 bridgehead atoms. The second kappa shape index (κ2) is 15.0. The zero-order valence-electron chi connectivity index (χ0n) is 23.9. The molecule has 0 amide bonds. The van der Waals surface area contributed by atoms with Crippen molar-refractivity contribution in [1.82, 2.24) is 0 Å². The Morgan fingerprint density at radius 1 is 0.538 bits per heavy atom. The molecule has 0 saturated carbocycles. The zero-order valence-corrected chi connectivity index (χ0v) is 23.9. The highest BCUT2D eigenvalue weighted by molar-refractivity contribution is 5.60. The maximum absolute atomic E-state index is 6.30. The molecule has 4 nitrogen and oxygen atoms in total. The summed E-state index contributed by atoms with van der Waals surface area (Å²) in [5, 5.41) is 0. The highest BCUT2D eigenvalue weighted by Crippen LogP contribution is 2.29. The minimum absolute atomic E-state index is 0. The van der Waals surface area contributed by atoms with E-state index in [9.17, 15) is 0 Å². The van der Waals surface area contributed by atoms with Crippen molar-refractivity contribution in [2.24, 2.45) is 0 Å². The average Bonchev–Trinajstić information content (AvgIpc) is 2.87. The summed E-state index contributed by atoms with van der Waals surface area (Å²) in [5.41, 5.74) is 3.54. The number of nitrogens with zero attached hydrogens (tertiary/aromatic N) is 2. The van der Waals surface area contributed by atoms with Crippen LogP contribution in [0.2, 0.25) is 0 Å². The zero-order chi connectivity index (χ0) is 27.4. The van der Waals surface area contributed by atoms with Gasteiger partial charge in [-0.1, -0.05) is 67.5 Å². The number of ether oxygens (including phenoxy) is 2. The van der Waals surface area contributed by atoms with Gasteiger partial charge in [-0.05, 0) is 24.3 Å². The Balaban J connectivity index is 0.00000533. The first-order valence-electron chi connectivity index (χ1n) is 13.3. The third kappa shape index (κ3) is 12.1. The number of benzene rings is 3. The molecule has 0 spiro atoms. The van der Waals surface area contributed by atoms with Crippen LogP contribution in [0.3, 0.4) is 0 Å². The van der Waals surface area contributed by atoms with Crippen molar-refractivity contribution in [3.8, 4) is 35.2 Å². The third-order valence-electron chi connectivity index (χ3n) is 5.77. The van der Waals surface area contributed by atoms with E-state index in [0.717, 1.165) is 68.7 Å². The molecule has 0 aliphatic heterocycles. The summed E-state index contributed by atoms with van der Waals surface area (Å²) in [6.45, 7) is 3.29. The Kier molecular flexibility index (Phi) is 12.1. The molecule has 0 heterocycles. The molecular weight excluding hydrogens is 480 g/mol. The monoisotopic (exact) mass is 526 g/mol. The molecule has 206 valence electrons. The molecule has 0 N–H and O–H groups in total. The maximum Gasteiger partial charge on any atom is 0.136 e. The van der Waals surface area contributed by atoms with Gasteiger partial charge in [0.05, 0.1) is 79.7 Å². The summed E-state index contributed by atoms with van der Waals surface area (Å²) in [4.78, 5) is 0. The van der Waals surface area contributed by atoms with Crippen molar-refractivity contribution >= 4 is 0 Å². The van der Waals surface area contributed by atoms with E-state index in [2.05, 4.69) is 66.0 Å². The Bertz CT molecular complexity index is 1180. The van der Waals surface area contributed by atoms with Crippen molar-refractivity contribution in [3.05, 3.63) is 95.1 Å². The van der Waals surface area contributed by atoms with Crippen LogP contribution in [0.1, 0.15) is 42.5 Å². The van der Waals surface area contributed by atoms with Gasteiger partial charge >= 0.3 is 0 Å². The summed E-state index contributed by atoms with van der Waals surface area (Å²) in [7, 11) is 13.2. The molecule has 0 aliphatic carbocycles. The molecule has 3 rings (SSSR count). The van der Waals surface area contributed by atoms with Crippen molar-refractivity contribution < 1.29 is 18.4 Å². The molecule has 3 aromatic rings. The number of hydrogen-bond donors (Lipinski definition) is 0. The van der Waals surface area contributed by atoms with Crippen LogP contribution < -0.4 is 9.47 Å². The summed E-state index contributed by atoms with van der Waals surface area (Å²) in [6, 6.07) is 24.0. The number of rotatable bonds is 10. The van der Waals surface area contributed by atoms with Crippen LogP contribution in [0, 0.1) is 23.7 Å². The van der Waals surface area contributed by atoms with Gasteiger partial charge in [-0.15, -0.1) is 0 Å². The fraction of sp³-hybridized carbons (Fsp3) is 0.371. The lowest BCUT2D eigenvalue weighted by molar-refractivity contribution is -0.870. The molecule has 0 unspecified atom stereocenters. The molecule has 3 aromatic carbocycles. The Morgan fingerprint density at radius 3 is 1.23 bits per heavy atom. The minimum atomic E-state index is 0. The van der Waals surface area contributed by atoms with Gasteiger partial charge in [0.15, 0.2) is 0 Å². The van der Waals surface area contributed by atoms with Gasteiger partial charge in [-0.3, -0.25) is 0 Å². The second-order valence-corrected chi connectivity index (χ2v) is 11.5. The highest BCUT2D eigenvalue weighted by Gasteiger charge is 2.13. The van der Waals surface area contributed by atoms with E-state index in [1.165, 1.54) is 0 Å². The predicted molar refractivity (Wildman–Crippen MR) is 164 cm³/mol. The Hall–Kier alpha value is -3.70. The molecule has 0 fully saturated rings. The van der Waals surface area contributed by atoms with Crippen LogP contribution >= 0.6 is 0 Å². The first-order chi connectivity index (χ1) is 18.1. The summed E-state index contributed by atoms with van der Waals surface area (Å²) >= 11 is 0. The van der Waals surface area contributed by atoms with E-state index in [-0.39, 0.29) is 7.43 Å². The molecule has 0 saturated heterocycles. The standard InChI is InChI=1S/C34H42N2O2.CH4/c1-35(2,3)23-13-25-37-33-27-32(22-20-30-17-11-8-12-18-30)34(38-26-14-24-36(4,5)6)28-31(33)21-19-29-15-9-7-10-16-29;/h7-12,15-18,27-28H,13-14,23-26H2,1-6H3;1H4/q+2;. The number of quaternary nitrogens is 2. The van der Waals surface area contributed by atoms with Gasteiger partial charge in [0.2, 0.25) is 0 Å². The van der Waals surface area contributed by atoms with Gasteiger partial charge < -0.3 is 18.4 Å². The molecule has 4 heteroatoms. The second-order valence-electron chi connectivity index (χ2n) is 11.5. The number of hydrogen-bond acceptors (Lipinski definition) is 2. The molecule has 0 aliphatic rings. The maximum atomic E-state index is 6.30. The first kappa shape index (κ1) is 31.5.